The van der Waals surface area contributed by atoms with Gasteiger partial charge >= 0.3 is 0 Å². The molecule has 0 unspecified atom stereocenters. The lowest BCUT2D eigenvalue weighted by atomic mass is 10.1. The smallest absolute Gasteiger partial charge is 0.213 e. The minimum atomic E-state index is 0.923. The summed E-state index contributed by atoms with van der Waals surface area (Å²) in [7, 11) is 0. The Labute approximate surface area is 126 Å². The van der Waals surface area contributed by atoms with Crippen LogP contribution in [0.3, 0.4) is 0 Å². The van der Waals surface area contributed by atoms with Crippen LogP contribution in [0.4, 0.5) is 0 Å². The average molecular weight is 291 g/mol. The van der Waals surface area contributed by atoms with Gasteiger partial charge in [0.1, 0.15) is 5.01 Å². The summed E-state index contributed by atoms with van der Waals surface area (Å²) >= 11 is 1.62. The van der Waals surface area contributed by atoms with Crippen LogP contribution in [0.15, 0.2) is 60.8 Å². The van der Waals surface area contributed by atoms with Gasteiger partial charge in [-0.05, 0) is 12.5 Å². The highest BCUT2D eigenvalue weighted by Crippen LogP contribution is 2.30. The van der Waals surface area contributed by atoms with Crippen LogP contribution in [-0.2, 0) is 0 Å². The number of fused-ring (bicyclic) bond motifs is 1. The Kier molecular flexibility index (Phi) is 2.82. The fourth-order valence-corrected chi connectivity index (χ4v) is 3.39. The molecular formula is C17H13N3S. The van der Waals surface area contributed by atoms with E-state index in [-0.39, 0.29) is 0 Å². The van der Waals surface area contributed by atoms with Crippen molar-refractivity contribution >= 4 is 16.3 Å². The largest absolute Gasteiger partial charge is 0.225 e. The van der Waals surface area contributed by atoms with Gasteiger partial charge in [-0.1, -0.05) is 65.9 Å². The maximum absolute atomic E-state index is 4.75. The molecule has 0 fully saturated rings. The van der Waals surface area contributed by atoms with E-state index in [9.17, 15) is 0 Å². The van der Waals surface area contributed by atoms with E-state index in [1.54, 1.807) is 11.3 Å². The van der Waals surface area contributed by atoms with Crippen molar-refractivity contribution in [1.82, 2.24) is 14.6 Å². The highest BCUT2D eigenvalue weighted by atomic mass is 32.1. The molecule has 102 valence electrons. The Morgan fingerprint density at radius 1 is 0.952 bits per heavy atom. The van der Waals surface area contributed by atoms with Gasteiger partial charge in [0.05, 0.1) is 11.9 Å². The summed E-state index contributed by atoms with van der Waals surface area (Å²) in [6, 6.07) is 18.5. The minimum absolute atomic E-state index is 0.923. The summed E-state index contributed by atoms with van der Waals surface area (Å²) in [6.45, 7) is 2.11. The van der Waals surface area contributed by atoms with E-state index in [1.165, 1.54) is 11.1 Å². The molecule has 4 rings (SSSR count). The van der Waals surface area contributed by atoms with Crippen LogP contribution in [0, 0.1) is 6.92 Å². The van der Waals surface area contributed by atoms with Crippen LogP contribution in [0.5, 0.6) is 0 Å². The Bertz CT molecular complexity index is 906. The standard InChI is InChI=1S/C17H13N3S/c1-12-7-5-6-10-14(12)16-19-20-15(11-18-17(20)21-16)13-8-3-2-4-9-13/h2-11H,1H3. The number of nitrogens with zero attached hydrogens (tertiary/aromatic N) is 3. The van der Waals surface area contributed by atoms with Crippen molar-refractivity contribution in [2.75, 3.05) is 0 Å². The van der Waals surface area contributed by atoms with Crippen molar-refractivity contribution in [3.63, 3.8) is 0 Å². The predicted octanol–water partition coefficient (Wildman–Crippen LogP) is 4.43. The summed E-state index contributed by atoms with van der Waals surface area (Å²) in [6.07, 6.45) is 1.88. The molecule has 0 saturated carbocycles. The van der Waals surface area contributed by atoms with Gasteiger partial charge in [-0.3, -0.25) is 0 Å². The Morgan fingerprint density at radius 2 is 1.71 bits per heavy atom. The summed E-state index contributed by atoms with van der Waals surface area (Å²) in [4.78, 5) is 5.41. The molecule has 0 atom stereocenters. The number of hydrogen-bond acceptors (Lipinski definition) is 3. The summed E-state index contributed by atoms with van der Waals surface area (Å²) in [5.41, 5.74) is 4.57. The molecule has 0 radical (unpaired) electrons. The molecule has 2 aromatic heterocycles. The second-order valence-corrected chi connectivity index (χ2v) is 5.88. The molecule has 3 nitrogen and oxygen atoms in total. The molecule has 4 heteroatoms. The minimum Gasteiger partial charge on any atom is -0.225 e. The highest BCUT2D eigenvalue weighted by molar-refractivity contribution is 7.19. The zero-order valence-corrected chi connectivity index (χ0v) is 12.3. The van der Waals surface area contributed by atoms with Crippen molar-refractivity contribution in [3.05, 3.63) is 66.4 Å². The van der Waals surface area contributed by atoms with Crippen LogP contribution in [0.25, 0.3) is 26.8 Å². The van der Waals surface area contributed by atoms with E-state index in [1.807, 2.05) is 41.0 Å². The van der Waals surface area contributed by atoms with Gasteiger partial charge in [0.2, 0.25) is 4.96 Å². The zero-order valence-electron chi connectivity index (χ0n) is 11.5. The van der Waals surface area contributed by atoms with Gasteiger partial charge in [-0.25, -0.2) is 9.50 Å². The molecule has 0 N–H and O–H groups in total. The van der Waals surface area contributed by atoms with E-state index >= 15 is 0 Å². The maximum atomic E-state index is 4.75. The molecular weight excluding hydrogens is 278 g/mol. The topological polar surface area (TPSA) is 30.2 Å². The Morgan fingerprint density at radius 3 is 2.52 bits per heavy atom. The molecule has 0 aliphatic heterocycles. The first-order chi connectivity index (χ1) is 10.3. The molecule has 0 aliphatic carbocycles. The van der Waals surface area contributed by atoms with Crippen LogP contribution in [0.1, 0.15) is 5.56 Å². The quantitative estimate of drug-likeness (QED) is 0.547. The number of hydrogen-bond donors (Lipinski definition) is 0. The van der Waals surface area contributed by atoms with Gasteiger partial charge in [0.15, 0.2) is 0 Å². The summed E-state index contributed by atoms with van der Waals surface area (Å²) in [5, 5.41) is 5.76. The highest BCUT2D eigenvalue weighted by Gasteiger charge is 2.13. The van der Waals surface area contributed by atoms with Gasteiger partial charge in [0.25, 0.3) is 0 Å². The number of benzene rings is 2. The number of rotatable bonds is 2. The first kappa shape index (κ1) is 12.3. The lowest BCUT2D eigenvalue weighted by Gasteiger charge is -2.00. The van der Waals surface area contributed by atoms with Crippen molar-refractivity contribution < 1.29 is 0 Å². The third-order valence-electron chi connectivity index (χ3n) is 3.53. The molecule has 2 heterocycles. The predicted molar refractivity (Wildman–Crippen MR) is 86.5 cm³/mol. The fourth-order valence-electron chi connectivity index (χ4n) is 2.42. The van der Waals surface area contributed by atoms with Gasteiger partial charge in [0, 0.05) is 11.1 Å². The van der Waals surface area contributed by atoms with Crippen molar-refractivity contribution in [1.29, 1.82) is 0 Å². The van der Waals surface area contributed by atoms with Gasteiger partial charge in [-0.2, -0.15) is 5.10 Å². The van der Waals surface area contributed by atoms with Crippen LogP contribution < -0.4 is 0 Å². The first-order valence-electron chi connectivity index (χ1n) is 6.79. The van der Waals surface area contributed by atoms with Crippen molar-refractivity contribution in [3.8, 4) is 21.8 Å². The van der Waals surface area contributed by atoms with E-state index in [0.717, 1.165) is 21.2 Å². The molecule has 21 heavy (non-hydrogen) atoms. The molecule has 2 aromatic carbocycles. The lowest BCUT2D eigenvalue weighted by molar-refractivity contribution is 0.984. The lowest BCUT2D eigenvalue weighted by Crippen LogP contribution is -1.89. The molecule has 0 amide bonds. The van der Waals surface area contributed by atoms with E-state index in [2.05, 4.69) is 36.2 Å². The zero-order chi connectivity index (χ0) is 14.2. The van der Waals surface area contributed by atoms with Crippen molar-refractivity contribution in [2.24, 2.45) is 0 Å². The maximum Gasteiger partial charge on any atom is 0.213 e. The third kappa shape index (κ3) is 2.04. The first-order valence-corrected chi connectivity index (χ1v) is 7.60. The number of imidazole rings is 1. The molecule has 0 bridgehead atoms. The Hall–Kier alpha value is -2.46. The monoisotopic (exact) mass is 291 g/mol. The normalized spacial score (nSPS) is 11.1. The number of aryl methyl sites for hydroxylation is 1. The van der Waals surface area contributed by atoms with Crippen LogP contribution in [-0.4, -0.2) is 14.6 Å². The Balaban J connectivity index is 1.89. The van der Waals surface area contributed by atoms with E-state index in [0.29, 0.717) is 0 Å². The molecule has 0 spiro atoms. The second-order valence-electron chi connectivity index (χ2n) is 4.93. The van der Waals surface area contributed by atoms with Crippen LogP contribution in [0.2, 0.25) is 0 Å². The van der Waals surface area contributed by atoms with E-state index < -0.39 is 0 Å². The number of aromatic nitrogens is 3. The molecule has 4 aromatic rings. The van der Waals surface area contributed by atoms with E-state index in [4.69, 9.17) is 5.10 Å². The second kappa shape index (κ2) is 4.82. The average Bonchev–Trinajstić information content (AvgIpc) is 3.08. The fraction of sp³-hybridized carbons (Fsp3) is 0.0588. The SMILES string of the molecule is Cc1ccccc1-c1nn2c(-c3ccccc3)cnc2s1. The van der Waals surface area contributed by atoms with Crippen molar-refractivity contribution in [2.45, 2.75) is 6.92 Å². The third-order valence-corrected chi connectivity index (χ3v) is 4.49. The van der Waals surface area contributed by atoms with Crippen LogP contribution >= 0.6 is 11.3 Å². The molecule has 0 saturated heterocycles. The summed E-state index contributed by atoms with van der Waals surface area (Å²) < 4.78 is 1.93. The summed E-state index contributed by atoms with van der Waals surface area (Å²) in [5.74, 6) is 0. The molecule has 0 aliphatic rings. The van der Waals surface area contributed by atoms with Gasteiger partial charge in [-0.15, -0.1) is 0 Å². The van der Waals surface area contributed by atoms with Gasteiger partial charge < -0.3 is 0 Å².